The number of rotatable bonds is 2. The number of aryl methyl sites for hydroxylation is 2. The summed E-state index contributed by atoms with van der Waals surface area (Å²) in [6.07, 6.45) is 2.31. The molecule has 0 bridgehead atoms. The van der Waals surface area contributed by atoms with Crippen LogP contribution in [0.5, 0.6) is 0 Å². The van der Waals surface area contributed by atoms with Gasteiger partial charge in [0.05, 0.1) is 12.6 Å². The highest BCUT2D eigenvalue weighted by Gasteiger charge is 2.23. The van der Waals surface area contributed by atoms with Crippen LogP contribution in [-0.4, -0.2) is 24.3 Å². The fraction of sp³-hybridized carbons (Fsp3) is 0.538. The van der Waals surface area contributed by atoms with E-state index in [2.05, 4.69) is 36.9 Å². The molecule has 0 spiro atoms. The first-order valence-corrected chi connectivity index (χ1v) is 5.66. The van der Waals surface area contributed by atoms with Crippen LogP contribution < -0.4 is 4.90 Å². The van der Waals surface area contributed by atoms with Gasteiger partial charge in [-0.15, -0.1) is 0 Å². The standard InChI is InChI=1S/C13H19NO/c1-10-6-11(2)8-13(7-10)14-5-3-4-12(14)9-15/h6-8,12,15H,3-5,9H2,1-2H3/t12-/m0/s1. The normalized spacial score (nSPS) is 21.0. The van der Waals surface area contributed by atoms with Crippen molar-refractivity contribution in [2.45, 2.75) is 32.7 Å². The molecule has 1 heterocycles. The van der Waals surface area contributed by atoms with E-state index in [0.29, 0.717) is 6.04 Å². The van der Waals surface area contributed by atoms with Crippen LogP contribution >= 0.6 is 0 Å². The first kappa shape index (κ1) is 10.5. The van der Waals surface area contributed by atoms with Crippen LogP contribution in [0.15, 0.2) is 18.2 Å². The Balaban J connectivity index is 2.28. The highest BCUT2D eigenvalue weighted by Crippen LogP contribution is 2.26. The Labute approximate surface area is 91.5 Å². The molecule has 0 unspecified atom stereocenters. The molecule has 15 heavy (non-hydrogen) atoms. The summed E-state index contributed by atoms with van der Waals surface area (Å²) in [4.78, 5) is 2.33. The van der Waals surface area contributed by atoms with E-state index in [9.17, 15) is 5.11 Å². The van der Waals surface area contributed by atoms with Crippen molar-refractivity contribution in [3.8, 4) is 0 Å². The molecule has 82 valence electrons. The smallest absolute Gasteiger partial charge is 0.0635 e. The van der Waals surface area contributed by atoms with E-state index in [-0.39, 0.29) is 6.61 Å². The predicted octanol–water partition coefficient (Wildman–Crippen LogP) is 2.26. The summed E-state index contributed by atoms with van der Waals surface area (Å²) in [5.41, 5.74) is 3.87. The van der Waals surface area contributed by atoms with Crippen LogP contribution in [0, 0.1) is 13.8 Å². The van der Waals surface area contributed by atoms with Crippen LogP contribution in [0.4, 0.5) is 5.69 Å². The van der Waals surface area contributed by atoms with Gasteiger partial charge in [0.25, 0.3) is 0 Å². The lowest BCUT2D eigenvalue weighted by Gasteiger charge is -2.26. The predicted molar refractivity (Wildman–Crippen MR) is 63.4 cm³/mol. The summed E-state index contributed by atoms with van der Waals surface area (Å²) in [5.74, 6) is 0. The lowest BCUT2D eigenvalue weighted by atomic mass is 10.1. The Bertz CT molecular complexity index is 328. The van der Waals surface area contributed by atoms with Gasteiger partial charge in [-0.2, -0.15) is 0 Å². The molecule has 1 aliphatic rings. The number of aliphatic hydroxyl groups excluding tert-OH is 1. The molecule has 1 fully saturated rings. The number of anilines is 1. The minimum absolute atomic E-state index is 0.271. The van der Waals surface area contributed by atoms with Crippen molar-refractivity contribution in [1.29, 1.82) is 0 Å². The molecule has 0 aromatic heterocycles. The second-order valence-corrected chi connectivity index (χ2v) is 4.52. The number of nitrogens with zero attached hydrogens (tertiary/aromatic N) is 1. The topological polar surface area (TPSA) is 23.5 Å². The molecule has 1 saturated heterocycles. The van der Waals surface area contributed by atoms with Crippen LogP contribution in [0.2, 0.25) is 0 Å². The van der Waals surface area contributed by atoms with Crippen molar-refractivity contribution in [3.63, 3.8) is 0 Å². The SMILES string of the molecule is Cc1cc(C)cc(N2CCC[C@H]2CO)c1. The molecular formula is C13H19NO. The van der Waals surface area contributed by atoms with E-state index < -0.39 is 0 Å². The first-order chi connectivity index (χ1) is 7.20. The van der Waals surface area contributed by atoms with Gasteiger partial charge in [-0.25, -0.2) is 0 Å². The summed E-state index contributed by atoms with van der Waals surface area (Å²) in [7, 11) is 0. The quantitative estimate of drug-likeness (QED) is 0.800. The maximum absolute atomic E-state index is 9.29. The third kappa shape index (κ3) is 2.15. The van der Waals surface area contributed by atoms with Gasteiger partial charge in [0.1, 0.15) is 0 Å². The van der Waals surface area contributed by atoms with Crippen LogP contribution in [-0.2, 0) is 0 Å². The molecule has 0 amide bonds. The zero-order valence-corrected chi connectivity index (χ0v) is 9.53. The van der Waals surface area contributed by atoms with Gasteiger partial charge < -0.3 is 10.0 Å². The summed E-state index contributed by atoms with van der Waals surface area (Å²) in [5, 5.41) is 9.29. The van der Waals surface area contributed by atoms with Gasteiger partial charge in [0.2, 0.25) is 0 Å². The maximum atomic E-state index is 9.29. The van der Waals surface area contributed by atoms with E-state index in [1.165, 1.54) is 23.2 Å². The molecular weight excluding hydrogens is 186 g/mol. The number of hydrogen-bond acceptors (Lipinski definition) is 2. The Hall–Kier alpha value is -1.02. The van der Waals surface area contributed by atoms with Gasteiger partial charge in [-0.3, -0.25) is 0 Å². The molecule has 1 aromatic rings. The van der Waals surface area contributed by atoms with Gasteiger partial charge in [0, 0.05) is 12.2 Å². The number of aliphatic hydroxyl groups is 1. The lowest BCUT2D eigenvalue weighted by molar-refractivity contribution is 0.266. The molecule has 0 saturated carbocycles. The summed E-state index contributed by atoms with van der Waals surface area (Å²) in [6.45, 7) is 5.60. The minimum Gasteiger partial charge on any atom is -0.394 e. The Kier molecular flexibility index (Phi) is 2.96. The average molecular weight is 205 g/mol. The molecule has 1 atom stereocenters. The van der Waals surface area contributed by atoms with Crippen molar-refractivity contribution in [1.82, 2.24) is 0 Å². The maximum Gasteiger partial charge on any atom is 0.0635 e. The minimum atomic E-state index is 0.271. The van der Waals surface area contributed by atoms with Gasteiger partial charge in [0.15, 0.2) is 0 Å². The fourth-order valence-corrected chi connectivity index (χ4v) is 2.48. The third-order valence-corrected chi connectivity index (χ3v) is 3.13. The third-order valence-electron chi connectivity index (χ3n) is 3.13. The molecule has 0 radical (unpaired) electrons. The summed E-state index contributed by atoms with van der Waals surface area (Å²) in [6, 6.07) is 6.93. The van der Waals surface area contributed by atoms with Crippen LogP contribution in [0.3, 0.4) is 0 Å². The fourth-order valence-electron chi connectivity index (χ4n) is 2.48. The Morgan fingerprint density at radius 3 is 2.53 bits per heavy atom. The van der Waals surface area contributed by atoms with E-state index >= 15 is 0 Å². The van der Waals surface area contributed by atoms with E-state index in [1.54, 1.807) is 0 Å². The van der Waals surface area contributed by atoms with Crippen molar-refractivity contribution < 1.29 is 5.11 Å². The van der Waals surface area contributed by atoms with Crippen LogP contribution in [0.25, 0.3) is 0 Å². The second-order valence-electron chi connectivity index (χ2n) is 4.52. The highest BCUT2D eigenvalue weighted by atomic mass is 16.3. The van der Waals surface area contributed by atoms with Crippen molar-refractivity contribution in [3.05, 3.63) is 29.3 Å². The molecule has 1 aliphatic heterocycles. The van der Waals surface area contributed by atoms with E-state index in [4.69, 9.17) is 0 Å². The zero-order valence-electron chi connectivity index (χ0n) is 9.53. The molecule has 2 rings (SSSR count). The monoisotopic (exact) mass is 205 g/mol. The van der Waals surface area contributed by atoms with Crippen molar-refractivity contribution >= 4 is 5.69 Å². The zero-order chi connectivity index (χ0) is 10.8. The van der Waals surface area contributed by atoms with Gasteiger partial charge in [-0.1, -0.05) is 6.07 Å². The highest BCUT2D eigenvalue weighted by molar-refractivity contribution is 5.52. The second kappa shape index (κ2) is 4.23. The number of hydrogen-bond donors (Lipinski definition) is 1. The van der Waals surface area contributed by atoms with Gasteiger partial charge in [-0.05, 0) is 49.9 Å². The number of benzene rings is 1. The molecule has 0 aliphatic carbocycles. The van der Waals surface area contributed by atoms with Crippen molar-refractivity contribution in [2.75, 3.05) is 18.1 Å². The Morgan fingerprint density at radius 1 is 1.27 bits per heavy atom. The molecule has 1 aromatic carbocycles. The van der Waals surface area contributed by atoms with Gasteiger partial charge >= 0.3 is 0 Å². The molecule has 2 heteroatoms. The molecule has 1 N–H and O–H groups in total. The Morgan fingerprint density at radius 2 is 1.93 bits per heavy atom. The first-order valence-electron chi connectivity index (χ1n) is 5.66. The summed E-state index contributed by atoms with van der Waals surface area (Å²) < 4.78 is 0. The van der Waals surface area contributed by atoms with Crippen molar-refractivity contribution in [2.24, 2.45) is 0 Å². The summed E-state index contributed by atoms with van der Waals surface area (Å²) >= 11 is 0. The van der Waals surface area contributed by atoms with Crippen LogP contribution in [0.1, 0.15) is 24.0 Å². The largest absolute Gasteiger partial charge is 0.394 e. The lowest BCUT2D eigenvalue weighted by Crippen LogP contribution is -2.32. The van der Waals surface area contributed by atoms with E-state index in [1.807, 2.05) is 0 Å². The average Bonchev–Trinajstić information content (AvgIpc) is 2.63. The van der Waals surface area contributed by atoms with E-state index in [0.717, 1.165) is 13.0 Å². The molecule has 2 nitrogen and oxygen atoms in total.